The first-order chi connectivity index (χ1) is 10.4. The SMILES string of the molecule is CC(=O)c1cc(C)cc2nc(OS(=O)(=O)C(F)(F)F)c(Cl)cc12. The number of hydrogen-bond donors (Lipinski definition) is 0. The maximum atomic E-state index is 12.4. The van der Waals surface area contributed by atoms with Gasteiger partial charge in [0.15, 0.2) is 5.78 Å². The highest BCUT2D eigenvalue weighted by atomic mass is 35.5. The van der Waals surface area contributed by atoms with Crippen molar-refractivity contribution in [2.75, 3.05) is 0 Å². The smallest absolute Gasteiger partial charge is 0.354 e. The molecule has 5 nitrogen and oxygen atoms in total. The number of ketones is 1. The lowest BCUT2D eigenvalue weighted by Gasteiger charge is -2.12. The Labute approximate surface area is 134 Å². The molecule has 23 heavy (non-hydrogen) atoms. The first-order valence-corrected chi connectivity index (χ1v) is 7.83. The minimum Gasteiger partial charge on any atom is -0.354 e. The number of aromatic nitrogens is 1. The van der Waals surface area contributed by atoms with Crippen molar-refractivity contribution < 1.29 is 30.6 Å². The quantitative estimate of drug-likeness (QED) is 0.470. The molecule has 2 rings (SSSR count). The van der Waals surface area contributed by atoms with Crippen molar-refractivity contribution in [1.29, 1.82) is 0 Å². The fraction of sp³-hybridized carbons (Fsp3) is 0.231. The molecule has 1 aromatic carbocycles. The standard InChI is InChI=1S/C13H9ClF3NO4S/c1-6-3-8(7(2)19)9-5-10(14)12(18-11(9)4-6)22-23(20,21)13(15,16)17/h3-5H,1-2H3. The van der Waals surface area contributed by atoms with Crippen LogP contribution in [-0.2, 0) is 10.1 Å². The van der Waals surface area contributed by atoms with Crippen LogP contribution in [0.4, 0.5) is 13.2 Å². The van der Waals surface area contributed by atoms with Gasteiger partial charge in [-0.05, 0) is 37.6 Å². The molecule has 0 aliphatic rings. The third-order valence-electron chi connectivity index (χ3n) is 2.85. The van der Waals surface area contributed by atoms with Crippen molar-refractivity contribution in [1.82, 2.24) is 4.98 Å². The van der Waals surface area contributed by atoms with Crippen molar-refractivity contribution >= 4 is 38.4 Å². The number of carbonyl (C=O) groups excluding carboxylic acids is 1. The van der Waals surface area contributed by atoms with Gasteiger partial charge in [-0.1, -0.05) is 11.6 Å². The maximum absolute atomic E-state index is 12.4. The molecule has 0 unspecified atom stereocenters. The highest BCUT2D eigenvalue weighted by molar-refractivity contribution is 7.88. The summed E-state index contributed by atoms with van der Waals surface area (Å²) in [5.41, 5.74) is -4.64. The zero-order valence-electron chi connectivity index (χ0n) is 11.7. The molecule has 0 N–H and O–H groups in total. The van der Waals surface area contributed by atoms with Crippen LogP contribution in [0.25, 0.3) is 10.9 Å². The van der Waals surface area contributed by atoms with Crippen LogP contribution in [-0.4, -0.2) is 24.7 Å². The van der Waals surface area contributed by atoms with E-state index in [0.717, 1.165) is 6.07 Å². The van der Waals surface area contributed by atoms with E-state index in [4.69, 9.17) is 11.6 Å². The van der Waals surface area contributed by atoms with E-state index < -0.39 is 26.5 Å². The minimum atomic E-state index is -5.89. The lowest BCUT2D eigenvalue weighted by molar-refractivity contribution is -0.0501. The number of nitrogens with zero attached hydrogens (tertiary/aromatic N) is 1. The average Bonchev–Trinajstić information content (AvgIpc) is 2.37. The highest BCUT2D eigenvalue weighted by Gasteiger charge is 2.49. The van der Waals surface area contributed by atoms with Gasteiger partial charge in [0.05, 0.1) is 5.52 Å². The van der Waals surface area contributed by atoms with Gasteiger partial charge in [0, 0.05) is 10.9 Å². The van der Waals surface area contributed by atoms with Crippen molar-refractivity contribution in [2.24, 2.45) is 0 Å². The maximum Gasteiger partial charge on any atom is 0.534 e. The summed E-state index contributed by atoms with van der Waals surface area (Å²) in [5.74, 6) is -1.20. The number of benzene rings is 1. The Kier molecular flexibility index (Phi) is 4.29. The topological polar surface area (TPSA) is 73.3 Å². The fourth-order valence-electron chi connectivity index (χ4n) is 1.87. The van der Waals surface area contributed by atoms with E-state index in [1.165, 1.54) is 13.0 Å². The van der Waals surface area contributed by atoms with E-state index in [-0.39, 0.29) is 22.2 Å². The van der Waals surface area contributed by atoms with E-state index in [1.807, 2.05) is 0 Å². The summed E-state index contributed by atoms with van der Waals surface area (Å²) in [7, 11) is -5.89. The number of halogens is 4. The molecule has 0 radical (unpaired) electrons. The van der Waals surface area contributed by atoms with E-state index >= 15 is 0 Å². The normalized spacial score (nSPS) is 12.4. The molecule has 1 aromatic heterocycles. The van der Waals surface area contributed by atoms with Crippen LogP contribution < -0.4 is 4.18 Å². The van der Waals surface area contributed by atoms with Crippen LogP contribution in [0.15, 0.2) is 18.2 Å². The van der Waals surface area contributed by atoms with E-state index in [9.17, 15) is 26.4 Å². The Hall–Kier alpha value is -1.87. The van der Waals surface area contributed by atoms with Gasteiger partial charge >= 0.3 is 15.6 Å². The number of rotatable bonds is 3. The van der Waals surface area contributed by atoms with Crippen molar-refractivity contribution in [2.45, 2.75) is 19.4 Å². The number of aryl methyl sites for hydroxylation is 1. The zero-order chi connectivity index (χ0) is 17.6. The van der Waals surface area contributed by atoms with Gasteiger partial charge in [0.25, 0.3) is 5.88 Å². The molecule has 0 fully saturated rings. The molecule has 0 spiro atoms. The molecule has 0 saturated carbocycles. The Morgan fingerprint density at radius 1 is 1.26 bits per heavy atom. The van der Waals surface area contributed by atoms with Crippen molar-refractivity contribution in [3.8, 4) is 5.88 Å². The highest BCUT2D eigenvalue weighted by Crippen LogP contribution is 2.33. The third kappa shape index (κ3) is 3.40. The van der Waals surface area contributed by atoms with E-state index in [1.54, 1.807) is 13.0 Å². The zero-order valence-corrected chi connectivity index (χ0v) is 13.3. The predicted octanol–water partition coefficient (Wildman–Crippen LogP) is 3.63. The molecule has 0 atom stereocenters. The fourth-order valence-corrected chi connectivity index (χ4v) is 2.54. The Morgan fingerprint density at radius 3 is 2.39 bits per heavy atom. The molecule has 10 heteroatoms. The first-order valence-electron chi connectivity index (χ1n) is 6.05. The monoisotopic (exact) mass is 367 g/mol. The second kappa shape index (κ2) is 5.64. The molecule has 0 saturated heterocycles. The summed E-state index contributed by atoms with van der Waals surface area (Å²) < 4.78 is 63.2. The minimum absolute atomic E-state index is 0.0898. The van der Waals surface area contributed by atoms with Crippen LogP contribution in [0.2, 0.25) is 5.02 Å². The molecule has 0 aliphatic heterocycles. The molecule has 0 bridgehead atoms. The van der Waals surface area contributed by atoms with Gasteiger partial charge in [-0.15, -0.1) is 0 Å². The predicted molar refractivity (Wildman–Crippen MR) is 77.1 cm³/mol. The number of Topliss-reactive ketones (excluding diaryl/α,β-unsaturated/α-hetero) is 1. The van der Waals surface area contributed by atoms with Gasteiger partial charge in [0.2, 0.25) is 0 Å². The lowest BCUT2D eigenvalue weighted by Crippen LogP contribution is -2.28. The molecule has 1 heterocycles. The third-order valence-corrected chi connectivity index (χ3v) is 4.07. The van der Waals surface area contributed by atoms with Gasteiger partial charge in [-0.3, -0.25) is 4.79 Å². The van der Waals surface area contributed by atoms with Crippen LogP contribution in [0.1, 0.15) is 22.8 Å². The van der Waals surface area contributed by atoms with Crippen molar-refractivity contribution in [3.05, 3.63) is 34.3 Å². The molecule has 0 amide bonds. The molecule has 124 valence electrons. The van der Waals surface area contributed by atoms with Gasteiger partial charge in [-0.2, -0.15) is 21.6 Å². The lowest BCUT2D eigenvalue weighted by atomic mass is 10.0. The summed E-state index contributed by atoms with van der Waals surface area (Å²) in [6, 6.07) is 4.17. The van der Waals surface area contributed by atoms with E-state index in [2.05, 4.69) is 9.17 Å². The number of hydrogen-bond acceptors (Lipinski definition) is 5. The van der Waals surface area contributed by atoms with Crippen LogP contribution in [0, 0.1) is 6.92 Å². The molecular weight excluding hydrogens is 359 g/mol. The van der Waals surface area contributed by atoms with Gasteiger partial charge < -0.3 is 4.18 Å². The Morgan fingerprint density at radius 2 is 1.87 bits per heavy atom. The first kappa shape index (κ1) is 17.5. The van der Waals surface area contributed by atoms with Crippen LogP contribution >= 0.6 is 11.6 Å². The van der Waals surface area contributed by atoms with Gasteiger partial charge in [0.1, 0.15) is 5.02 Å². The second-order valence-corrected chi connectivity index (χ2v) is 6.64. The number of fused-ring (bicyclic) bond motifs is 1. The van der Waals surface area contributed by atoms with Crippen molar-refractivity contribution in [3.63, 3.8) is 0 Å². The average molecular weight is 368 g/mol. The molecular formula is C13H9ClF3NO4S. The molecule has 0 aliphatic carbocycles. The summed E-state index contributed by atoms with van der Waals surface area (Å²) in [4.78, 5) is 15.3. The summed E-state index contributed by atoms with van der Waals surface area (Å²) >= 11 is 5.75. The number of carbonyl (C=O) groups is 1. The number of alkyl halides is 3. The Balaban J connectivity index is 2.66. The van der Waals surface area contributed by atoms with Crippen LogP contribution in [0.5, 0.6) is 5.88 Å². The summed E-state index contributed by atoms with van der Waals surface area (Å²) in [6.45, 7) is 2.95. The number of pyridine rings is 1. The van der Waals surface area contributed by atoms with Crippen LogP contribution in [0.3, 0.4) is 0 Å². The largest absolute Gasteiger partial charge is 0.534 e. The summed E-state index contributed by atoms with van der Waals surface area (Å²) in [6.07, 6.45) is 0. The summed E-state index contributed by atoms with van der Waals surface area (Å²) in [5, 5.41) is -0.179. The van der Waals surface area contributed by atoms with Gasteiger partial charge in [-0.25, -0.2) is 4.98 Å². The van der Waals surface area contributed by atoms with E-state index in [0.29, 0.717) is 5.56 Å². The molecule has 2 aromatic rings. The second-order valence-electron chi connectivity index (χ2n) is 4.69. The Bertz CT molecular complexity index is 910.